The van der Waals surface area contributed by atoms with E-state index < -0.39 is 0 Å². The Morgan fingerprint density at radius 2 is 2.00 bits per heavy atom. The van der Waals surface area contributed by atoms with Gasteiger partial charge in [0.15, 0.2) is 0 Å². The van der Waals surface area contributed by atoms with Crippen molar-refractivity contribution in [2.45, 2.75) is 52.5 Å². The zero-order valence-electron chi connectivity index (χ0n) is 13.0. The predicted octanol–water partition coefficient (Wildman–Crippen LogP) is 2.62. The minimum Gasteiger partial charge on any atom is -0.347 e. The van der Waals surface area contributed by atoms with Crippen LogP contribution in [0.3, 0.4) is 0 Å². The van der Waals surface area contributed by atoms with Crippen LogP contribution in [-0.4, -0.2) is 41.0 Å². The molecular weight excluding hydrogens is 270 g/mol. The summed E-state index contributed by atoms with van der Waals surface area (Å²) in [5.74, 6) is -0.0000718. The van der Waals surface area contributed by atoms with Gasteiger partial charge in [-0.3, -0.25) is 4.79 Å². The van der Waals surface area contributed by atoms with E-state index in [9.17, 15) is 4.79 Å². The second kappa shape index (κ2) is 6.22. The topological polar surface area (TPSA) is 45.2 Å². The molecule has 1 saturated heterocycles. The van der Waals surface area contributed by atoms with Crippen molar-refractivity contribution >= 4 is 17.2 Å². The average Bonchev–Trinajstić information content (AvgIpc) is 2.93. The molecule has 4 nitrogen and oxygen atoms in total. The number of hydrogen-bond donors (Lipinski definition) is 1. The fourth-order valence-corrected chi connectivity index (χ4v) is 3.38. The van der Waals surface area contributed by atoms with Crippen LogP contribution >= 0.6 is 11.3 Å². The van der Waals surface area contributed by atoms with E-state index in [1.54, 1.807) is 11.3 Å². The van der Waals surface area contributed by atoms with Crippen LogP contribution in [0.5, 0.6) is 0 Å². The van der Waals surface area contributed by atoms with Gasteiger partial charge in [-0.25, -0.2) is 4.98 Å². The van der Waals surface area contributed by atoms with Gasteiger partial charge in [-0.2, -0.15) is 0 Å². The molecule has 0 radical (unpaired) electrons. The van der Waals surface area contributed by atoms with E-state index in [4.69, 9.17) is 0 Å². The average molecular weight is 295 g/mol. The summed E-state index contributed by atoms with van der Waals surface area (Å²) in [6.45, 7) is 11.4. The Kier molecular flexibility index (Phi) is 4.81. The van der Waals surface area contributed by atoms with Crippen LogP contribution in [0.2, 0.25) is 0 Å². The van der Waals surface area contributed by atoms with Crippen LogP contribution in [0, 0.1) is 6.92 Å². The quantitative estimate of drug-likeness (QED) is 0.928. The standard InChI is InChI=1S/C15H25N3OS/c1-11-13(14(19)17-15(2,3)4)20-12(16-11)7-10-18-8-5-6-9-18/h5-10H2,1-4H3,(H,17,19). The Morgan fingerprint density at radius 3 is 2.60 bits per heavy atom. The monoisotopic (exact) mass is 295 g/mol. The first kappa shape index (κ1) is 15.4. The van der Waals surface area contributed by atoms with E-state index in [2.05, 4.69) is 15.2 Å². The number of amides is 1. The third kappa shape index (κ3) is 4.28. The van der Waals surface area contributed by atoms with E-state index in [0.29, 0.717) is 0 Å². The molecule has 0 aromatic carbocycles. The Labute approximate surface area is 125 Å². The second-order valence-electron chi connectivity index (χ2n) is 6.53. The Morgan fingerprint density at radius 1 is 1.35 bits per heavy atom. The van der Waals surface area contributed by atoms with Crippen molar-refractivity contribution in [2.24, 2.45) is 0 Å². The van der Waals surface area contributed by atoms with Crippen molar-refractivity contribution in [3.05, 3.63) is 15.6 Å². The lowest BCUT2D eigenvalue weighted by molar-refractivity contribution is 0.0923. The Bertz CT molecular complexity index is 470. The third-order valence-electron chi connectivity index (χ3n) is 3.38. The van der Waals surface area contributed by atoms with Crippen molar-refractivity contribution in [3.63, 3.8) is 0 Å². The second-order valence-corrected chi connectivity index (χ2v) is 7.61. The highest BCUT2D eigenvalue weighted by Crippen LogP contribution is 2.20. The largest absolute Gasteiger partial charge is 0.347 e. The zero-order valence-corrected chi connectivity index (χ0v) is 13.8. The first-order valence-electron chi connectivity index (χ1n) is 7.36. The minimum atomic E-state index is -0.205. The van der Waals surface area contributed by atoms with Gasteiger partial charge in [-0.1, -0.05) is 0 Å². The van der Waals surface area contributed by atoms with Gasteiger partial charge in [0.05, 0.1) is 10.7 Å². The zero-order chi connectivity index (χ0) is 14.8. The normalized spacial score (nSPS) is 16.6. The first-order valence-corrected chi connectivity index (χ1v) is 8.18. The molecule has 1 aliphatic rings. The van der Waals surface area contributed by atoms with Crippen molar-refractivity contribution < 1.29 is 4.79 Å². The van der Waals surface area contributed by atoms with Gasteiger partial charge in [0.25, 0.3) is 5.91 Å². The van der Waals surface area contributed by atoms with Gasteiger partial charge in [0.1, 0.15) is 4.88 Å². The summed E-state index contributed by atoms with van der Waals surface area (Å²) in [6, 6.07) is 0. The predicted molar refractivity (Wildman–Crippen MR) is 83.4 cm³/mol. The number of hydrogen-bond acceptors (Lipinski definition) is 4. The van der Waals surface area contributed by atoms with Gasteiger partial charge < -0.3 is 10.2 Å². The highest BCUT2D eigenvalue weighted by molar-refractivity contribution is 7.13. The van der Waals surface area contributed by atoms with E-state index in [1.807, 2.05) is 27.7 Å². The maximum atomic E-state index is 12.2. The summed E-state index contributed by atoms with van der Waals surface area (Å²) in [4.78, 5) is 20.0. The number of carbonyl (C=O) groups excluding carboxylic acids is 1. The van der Waals surface area contributed by atoms with E-state index in [0.717, 1.165) is 28.5 Å². The molecule has 1 N–H and O–H groups in total. The Balaban J connectivity index is 1.96. The lowest BCUT2D eigenvalue weighted by Crippen LogP contribution is -2.40. The smallest absolute Gasteiger partial charge is 0.263 e. The lowest BCUT2D eigenvalue weighted by atomic mass is 10.1. The summed E-state index contributed by atoms with van der Waals surface area (Å²) < 4.78 is 0. The molecule has 112 valence electrons. The summed E-state index contributed by atoms with van der Waals surface area (Å²) >= 11 is 1.54. The van der Waals surface area contributed by atoms with Gasteiger partial charge in [0, 0.05) is 18.5 Å². The van der Waals surface area contributed by atoms with Gasteiger partial charge in [-0.15, -0.1) is 11.3 Å². The van der Waals surface area contributed by atoms with E-state index >= 15 is 0 Å². The molecule has 0 unspecified atom stereocenters. The van der Waals surface area contributed by atoms with Crippen LogP contribution in [0.4, 0.5) is 0 Å². The molecular formula is C15H25N3OS. The number of aromatic nitrogens is 1. The molecule has 0 spiro atoms. The molecule has 0 atom stereocenters. The summed E-state index contributed by atoms with van der Waals surface area (Å²) in [7, 11) is 0. The summed E-state index contributed by atoms with van der Waals surface area (Å²) in [6.07, 6.45) is 3.58. The SMILES string of the molecule is Cc1nc(CCN2CCCC2)sc1C(=O)NC(C)(C)C. The minimum absolute atomic E-state index is 0.0000718. The molecule has 1 aromatic rings. The van der Waals surface area contributed by atoms with Crippen LogP contribution in [-0.2, 0) is 6.42 Å². The molecule has 0 saturated carbocycles. The van der Waals surface area contributed by atoms with Crippen molar-refractivity contribution in [3.8, 4) is 0 Å². The number of nitrogens with zero attached hydrogens (tertiary/aromatic N) is 2. The molecule has 0 bridgehead atoms. The number of aryl methyl sites for hydroxylation is 1. The first-order chi connectivity index (χ1) is 9.35. The molecule has 2 rings (SSSR count). The maximum Gasteiger partial charge on any atom is 0.263 e. The summed E-state index contributed by atoms with van der Waals surface area (Å²) in [5, 5.41) is 4.09. The van der Waals surface area contributed by atoms with Crippen LogP contribution in [0.25, 0.3) is 0 Å². The number of likely N-dealkylation sites (tertiary alicyclic amines) is 1. The summed E-state index contributed by atoms with van der Waals surface area (Å²) in [5.41, 5.74) is 0.650. The molecule has 2 heterocycles. The van der Waals surface area contributed by atoms with Gasteiger partial charge >= 0.3 is 0 Å². The fraction of sp³-hybridized carbons (Fsp3) is 0.733. The molecule has 1 aliphatic heterocycles. The molecule has 0 aliphatic carbocycles. The van der Waals surface area contributed by atoms with Crippen LogP contribution in [0.1, 0.15) is 54.0 Å². The van der Waals surface area contributed by atoms with Crippen molar-refractivity contribution in [1.29, 1.82) is 0 Å². The molecule has 1 fully saturated rings. The van der Waals surface area contributed by atoms with E-state index in [1.165, 1.54) is 25.9 Å². The fourth-order valence-electron chi connectivity index (χ4n) is 2.43. The van der Waals surface area contributed by atoms with Crippen LogP contribution < -0.4 is 5.32 Å². The number of nitrogens with one attached hydrogen (secondary N) is 1. The highest BCUT2D eigenvalue weighted by Gasteiger charge is 2.20. The van der Waals surface area contributed by atoms with Crippen molar-refractivity contribution in [1.82, 2.24) is 15.2 Å². The lowest BCUT2D eigenvalue weighted by Gasteiger charge is -2.19. The Hall–Kier alpha value is -0.940. The number of carbonyl (C=O) groups is 1. The highest BCUT2D eigenvalue weighted by atomic mass is 32.1. The van der Waals surface area contributed by atoms with Gasteiger partial charge in [-0.05, 0) is 53.6 Å². The van der Waals surface area contributed by atoms with Crippen LogP contribution in [0.15, 0.2) is 0 Å². The van der Waals surface area contributed by atoms with Crippen molar-refractivity contribution in [2.75, 3.05) is 19.6 Å². The van der Waals surface area contributed by atoms with E-state index in [-0.39, 0.29) is 11.4 Å². The number of rotatable bonds is 4. The third-order valence-corrected chi connectivity index (χ3v) is 4.59. The maximum absolute atomic E-state index is 12.2. The molecule has 20 heavy (non-hydrogen) atoms. The molecule has 1 aromatic heterocycles. The number of thiazole rings is 1. The molecule has 1 amide bonds. The van der Waals surface area contributed by atoms with Gasteiger partial charge in [0.2, 0.25) is 0 Å². The molecule has 5 heteroatoms.